The fourth-order valence-corrected chi connectivity index (χ4v) is 4.01. The van der Waals surface area contributed by atoms with Gasteiger partial charge in [0.05, 0.1) is 20.0 Å². The predicted molar refractivity (Wildman–Crippen MR) is 114 cm³/mol. The Morgan fingerprint density at radius 2 is 1.72 bits per heavy atom. The van der Waals surface area contributed by atoms with Gasteiger partial charge in [-0.2, -0.15) is 0 Å². The molecule has 6 nitrogen and oxygen atoms in total. The molecule has 0 aromatic heterocycles. The van der Waals surface area contributed by atoms with Crippen molar-refractivity contribution in [1.29, 1.82) is 0 Å². The molecule has 0 unspecified atom stereocenters. The molecule has 0 fully saturated rings. The maximum Gasteiger partial charge on any atom is 0.316 e. The normalized spacial score (nSPS) is 12.9. The summed E-state index contributed by atoms with van der Waals surface area (Å²) in [6, 6.07) is 11.5. The van der Waals surface area contributed by atoms with Gasteiger partial charge in [-0.3, -0.25) is 9.59 Å². The Morgan fingerprint density at radius 1 is 1.07 bits per heavy atom. The summed E-state index contributed by atoms with van der Waals surface area (Å²) in [6.45, 7) is 0.786. The second-order valence-corrected chi connectivity index (χ2v) is 8.41. The number of nitrogens with zero attached hydrogens (tertiary/aromatic N) is 1. The lowest BCUT2D eigenvalue weighted by Crippen LogP contribution is -2.38. The van der Waals surface area contributed by atoms with Crippen LogP contribution in [0.3, 0.4) is 0 Å². The van der Waals surface area contributed by atoms with E-state index in [0.717, 1.165) is 26.9 Å². The van der Waals surface area contributed by atoms with Gasteiger partial charge in [0, 0.05) is 22.5 Å². The summed E-state index contributed by atoms with van der Waals surface area (Å²) >= 11 is 4.75. The zero-order chi connectivity index (χ0) is 20.8. The molecule has 0 saturated carbocycles. The predicted octanol–water partition coefficient (Wildman–Crippen LogP) is 3.69. The molecule has 3 rings (SSSR count). The molecular weight excluding hydrogens is 458 g/mol. The lowest BCUT2D eigenvalue weighted by atomic mass is 9.99. The van der Waals surface area contributed by atoms with Crippen LogP contribution in [0.1, 0.15) is 11.1 Å². The van der Waals surface area contributed by atoms with Gasteiger partial charge in [-0.15, -0.1) is 11.8 Å². The monoisotopic (exact) mass is 479 g/mol. The summed E-state index contributed by atoms with van der Waals surface area (Å²) in [5.74, 6) is 0.872. The van der Waals surface area contributed by atoms with Crippen molar-refractivity contribution in [2.45, 2.75) is 17.9 Å². The molecule has 1 amide bonds. The molecule has 1 aliphatic rings. The minimum absolute atomic E-state index is 0.161. The van der Waals surface area contributed by atoms with Gasteiger partial charge in [-0.05, 0) is 53.9 Å². The molecule has 0 spiro atoms. The maximum absolute atomic E-state index is 12.5. The van der Waals surface area contributed by atoms with E-state index in [1.54, 1.807) is 19.1 Å². The molecule has 2 aromatic carbocycles. The highest BCUT2D eigenvalue weighted by Gasteiger charge is 2.23. The summed E-state index contributed by atoms with van der Waals surface area (Å²) in [4.78, 5) is 27.1. The van der Waals surface area contributed by atoms with Gasteiger partial charge in [-0.25, -0.2) is 0 Å². The van der Waals surface area contributed by atoms with E-state index < -0.39 is 5.97 Å². The fraction of sp³-hybridized carbons (Fsp3) is 0.333. The van der Waals surface area contributed by atoms with Crippen LogP contribution < -0.4 is 9.47 Å². The molecular formula is C21H22BrNO5S. The highest BCUT2D eigenvalue weighted by molar-refractivity contribution is 9.10. The van der Waals surface area contributed by atoms with E-state index in [-0.39, 0.29) is 18.3 Å². The van der Waals surface area contributed by atoms with Crippen LogP contribution in [0.4, 0.5) is 0 Å². The quantitative estimate of drug-likeness (QED) is 0.445. The van der Waals surface area contributed by atoms with E-state index in [2.05, 4.69) is 15.9 Å². The van der Waals surface area contributed by atoms with E-state index in [1.165, 1.54) is 11.8 Å². The van der Waals surface area contributed by atoms with Gasteiger partial charge < -0.3 is 19.1 Å². The van der Waals surface area contributed by atoms with Crippen molar-refractivity contribution in [1.82, 2.24) is 4.90 Å². The van der Waals surface area contributed by atoms with Gasteiger partial charge in [0.1, 0.15) is 0 Å². The van der Waals surface area contributed by atoms with Gasteiger partial charge in [0.2, 0.25) is 0 Å². The van der Waals surface area contributed by atoms with Crippen molar-refractivity contribution in [2.75, 3.05) is 33.1 Å². The zero-order valence-electron chi connectivity index (χ0n) is 16.3. The molecule has 1 aliphatic heterocycles. The van der Waals surface area contributed by atoms with Crippen molar-refractivity contribution < 1.29 is 23.8 Å². The number of fused-ring (bicyclic) bond motifs is 1. The van der Waals surface area contributed by atoms with E-state index in [0.29, 0.717) is 24.6 Å². The Balaban J connectivity index is 1.50. The topological polar surface area (TPSA) is 65.1 Å². The standard InChI is InChI=1S/C21H22BrNO5S/c1-26-18-9-14-7-8-23(11-15(14)10-19(18)27-2)20(24)12-28-21(25)13-29-17-5-3-16(22)4-6-17/h3-6,9-10H,7-8,11-13H2,1-2H3. The maximum atomic E-state index is 12.5. The number of methoxy groups -OCH3 is 2. The molecule has 29 heavy (non-hydrogen) atoms. The molecule has 0 bridgehead atoms. The highest BCUT2D eigenvalue weighted by Crippen LogP contribution is 2.33. The Kier molecular flexibility index (Phi) is 7.44. The van der Waals surface area contributed by atoms with E-state index in [4.69, 9.17) is 14.2 Å². The number of amides is 1. The van der Waals surface area contributed by atoms with Crippen molar-refractivity contribution in [3.8, 4) is 11.5 Å². The average molecular weight is 480 g/mol. The second kappa shape index (κ2) is 10.0. The van der Waals surface area contributed by atoms with Gasteiger partial charge in [0.15, 0.2) is 18.1 Å². The number of hydrogen-bond acceptors (Lipinski definition) is 6. The molecule has 1 heterocycles. The van der Waals surface area contributed by atoms with Crippen LogP contribution in [-0.4, -0.2) is 49.9 Å². The average Bonchev–Trinajstić information content (AvgIpc) is 2.75. The minimum Gasteiger partial charge on any atom is -0.493 e. The Bertz CT molecular complexity index is 887. The molecule has 154 valence electrons. The lowest BCUT2D eigenvalue weighted by molar-refractivity contribution is -0.150. The summed E-state index contributed by atoms with van der Waals surface area (Å²) in [5.41, 5.74) is 2.15. The number of carbonyl (C=O) groups excluding carboxylic acids is 2. The summed E-state index contributed by atoms with van der Waals surface area (Å²) in [6.07, 6.45) is 0.717. The molecule has 0 N–H and O–H groups in total. The molecule has 0 aliphatic carbocycles. The van der Waals surface area contributed by atoms with Crippen molar-refractivity contribution in [2.24, 2.45) is 0 Å². The van der Waals surface area contributed by atoms with Crippen molar-refractivity contribution in [3.05, 3.63) is 52.0 Å². The third-order valence-corrected chi connectivity index (χ3v) is 6.11. The number of benzene rings is 2. The number of thioether (sulfide) groups is 1. The SMILES string of the molecule is COc1cc2c(cc1OC)CN(C(=O)COC(=O)CSc1ccc(Br)cc1)CC2. The van der Waals surface area contributed by atoms with Crippen LogP contribution >= 0.6 is 27.7 Å². The number of halogens is 1. The van der Waals surface area contributed by atoms with Gasteiger partial charge >= 0.3 is 5.97 Å². The molecule has 0 atom stereocenters. The number of esters is 1. The zero-order valence-corrected chi connectivity index (χ0v) is 18.7. The molecule has 8 heteroatoms. The van der Waals surface area contributed by atoms with Crippen LogP contribution in [0.2, 0.25) is 0 Å². The van der Waals surface area contributed by atoms with E-state index in [1.807, 2.05) is 36.4 Å². The van der Waals surface area contributed by atoms with Crippen LogP contribution in [0, 0.1) is 0 Å². The smallest absolute Gasteiger partial charge is 0.316 e. The molecule has 2 aromatic rings. The first-order valence-corrected chi connectivity index (χ1v) is 10.8. The minimum atomic E-state index is -0.407. The summed E-state index contributed by atoms with van der Waals surface area (Å²) in [5, 5.41) is 0. The summed E-state index contributed by atoms with van der Waals surface area (Å²) in [7, 11) is 3.19. The number of rotatable bonds is 7. The number of ether oxygens (including phenoxy) is 3. The second-order valence-electron chi connectivity index (χ2n) is 6.44. The third kappa shape index (κ3) is 5.67. The van der Waals surface area contributed by atoms with Crippen LogP contribution in [-0.2, 0) is 27.3 Å². The first-order valence-electron chi connectivity index (χ1n) is 9.05. The Morgan fingerprint density at radius 3 is 2.38 bits per heavy atom. The van der Waals surface area contributed by atoms with Crippen molar-refractivity contribution in [3.63, 3.8) is 0 Å². The Hall–Kier alpha value is -2.19. The number of carbonyl (C=O) groups is 2. The lowest BCUT2D eigenvalue weighted by Gasteiger charge is -2.29. The van der Waals surface area contributed by atoms with Crippen LogP contribution in [0.25, 0.3) is 0 Å². The molecule has 0 radical (unpaired) electrons. The first kappa shape index (κ1) is 21.5. The van der Waals surface area contributed by atoms with E-state index >= 15 is 0 Å². The van der Waals surface area contributed by atoms with Crippen LogP contribution in [0.15, 0.2) is 45.8 Å². The van der Waals surface area contributed by atoms with Crippen molar-refractivity contribution >= 4 is 39.6 Å². The number of hydrogen-bond donors (Lipinski definition) is 0. The summed E-state index contributed by atoms with van der Waals surface area (Å²) < 4.78 is 16.8. The largest absolute Gasteiger partial charge is 0.493 e. The Labute approximate surface area is 182 Å². The van der Waals surface area contributed by atoms with Gasteiger partial charge in [-0.1, -0.05) is 15.9 Å². The third-order valence-electron chi connectivity index (χ3n) is 4.60. The molecule has 0 saturated heterocycles. The fourth-order valence-electron chi connectivity index (χ4n) is 3.04. The highest BCUT2D eigenvalue weighted by atomic mass is 79.9. The van der Waals surface area contributed by atoms with Gasteiger partial charge in [0.25, 0.3) is 5.91 Å². The van der Waals surface area contributed by atoms with Crippen LogP contribution in [0.5, 0.6) is 11.5 Å². The first-order chi connectivity index (χ1) is 14.0. The van der Waals surface area contributed by atoms with E-state index in [9.17, 15) is 9.59 Å².